The van der Waals surface area contributed by atoms with E-state index < -0.39 is 0 Å². The molecule has 7 nitrogen and oxygen atoms in total. The zero-order valence-corrected chi connectivity index (χ0v) is 14.7. The van der Waals surface area contributed by atoms with Crippen LogP contribution in [0, 0.1) is 12.8 Å². The maximum Gasteiger partial charge on any atom is 0.250 e. The number of tetrazole rings is 1. The average Bonchev–Trinajstić information content (AvgIpc) is 3.33. The molecule has 2 saturated heterocycles. The van der Waals surface area contributed by atoms with E-state index in [1.165, 1.54) is 5.56 Å². The molecule has 2 aliphatic rings. The third-order valence-corrected chi connectivity index (χ3v) is 5.05. The largest absolute Gasteiger partial charge is 0.381 e. The number of nitrogens with zero attached hydrogens (tertiary/aromatic N) is 5. The van der Waals surface area contributed by atoms with Crippen molar-refractivity contribution < 1.29 is 9.47 Å². The van der Waals surface area contributed by atoms with Crippen molar-refractivity contribution in [3.63, 3.8) is 0 Å². The molecule has 2 fully saturated rings. The Morgan fingerprint density at radius 3 is 2.68 bits per heavy atom. The predicted octanol–water partition coefficient (Wildman–Crippen LogP) is 1.99. The van der Waals surface area contributed by atoms with Crippen molar-refractivity contribution in [2.75, 3.05) is 37.8 Å². The van der Waals surface area contributed by atoms with Crippen LogP contribution in [0.2, 0.25) is 0 Å². The van der Waals surface area contributed by atoms with Gasteiger partial charge in [0.15, 0.2) is 0 Å². The molecule has 1 unspecified atom stereocenters. The van der Waals surface area contributed by atoms with E-state index in [-0.39, 0.29) is 0 Å². The number of benzene rings is 1. The Balaban J connectivity index is 1.35. The first kappa shape index (κ1) is 16.5. The van der Waals surface area contributed by atoms with Crippen molar-refractivity contribution in [3.05, 3.63) is 29.8 Å². The summed E-state index contributed by atoms with van der Waals surface area (Å²) in [6.07, 6.45) is 3.48. The molecule has 0 spiro atoms. The fourth-order valence-electron chi connectivity index (χ4n) is 3.44. The normalized spacial score (nSPS) is 21.8. The summed E-state index contributed by atoms with van der Waals surface area (Å²) in [5, 5.41) is 12.3. The molecular formula is C18H25N5O2. The van der Waals surface area contributed by atoms with E-state index in [1.807, 2.05) is 4.68 Å². The minimum Gasteiger partial charge on any atom is -0.381 e. The second-order valence-electron chi connectivity index (χ2n) is 6.98. The molecule has 7 heteroatoms. The summed E-state index contributed by atoms with van der Waals surface area (Å²) in [5.74, 6) is 1.39. The molecular weight excluding hydrogens is 318 g/mol. The number of hydrogen-bond donors (Lipinski definition) is 0. The summed E-state index contributed by atoms with van der Waals surface area (Å²) in [6, 6.07) is 8.25. The van der Waals surface area contributed by atoms with Crippen molar-refractivity contribution in [3.8, 4) is 5.69 Å². The highest BCUT2D eigenvalue weighted by Gasteiger charge is 2.25. The van der Waals surface area contributed by atoms with Gasteiger partial charge >= 0.3 is 0 Å². The molecule has 2 aliphatic heterocycles. The number of anilines is 1. The van der Waals surface area contributed by atoms with Crippen molar-refractivity contribution in [2.24, 2.45) is 5.92 Å². The molecule has 0 amide bonds. The topological polar surface area (TPSA) is 65.3 Å². The van der Waals surface area contributed by atoms with E-state index >= 15 is 0 Å². The molecule has 0 bridgehead atoms. The molecule has 4 rings (SSSR count). The summed E-state index contributed by atoms with van der Waals surface area (Å²) in [5.41, 5.74) is 2.22. The number of ether oxygens (including phenoxy) is 2. The first-order chi connectivity index (χ1) is 12.3. The van der Waals surface area contributed by atoms with Gasteiger partial charge in [-0.15, -0.1) is 0 Å². The average molecular weight is 343 g/mol. The molecule has 1 atom stereocenters. The first-order valence-corrected chi connectivity index (χ1v) is 9.09. The maximum atomic E-state index is 6.10. The fourth-order valence-corrected chi connectivity index (χ4v) is 3.44. The molecule has 0 saturated carbocycles. The molecule has 25 heavy (non-hydrogen) atoms. The number of hydrogen-bond acceptors (Lipinski definition) is 6. The quantitative estimate of drug-likeness (QED) is 0.827. The van der Waals surface area contributed by atoms with Crippen LogP contribution in [-0.4, -0.2) is 59.2 Å². The van der Waals surface area contributed by atoms with E-state index in [9.17, 15) is 0 Å². The van der Waals surface area contributed by atoms with Gasteiger partial charge in [-0.25, -0.2) is 0 Å². The van der Waals surface area contributed by atoms with Crippen LogP contribution < -0.4 is 4.90 Å². The lowest BCUT2D eigenvalue weighted by Gasteiger charge is -2.32. The lowest BCUT2D eigenvalue weighted by Crippen LogP contribution is -2.39. The van der Waals surface area contributed by atoms with Crippen LogP contribution in [0.1, 0.15) is 24.8 Å². The monoisotopic (exact) mass is 343 g/mol. The highest BCUT2D eigenvalue weighted by Crippen LogP contribution is 2.23. The number of piperidine rings is 1. The van der Waals surface area contributed by atoms with Crippen molar-refractivity contribution in [2.45, 2.75) is 32.3 Å². The Bertz CT molecular complexity index is 673. The van der Waals surface area contributed by atoms with Crippen LogP contribution in [0.25, 0.3) is 5.69 Å². The molecule has 0 radical (unpaired) electrons. The van der Waals surface area contributed by atoms with Crippen LogP contribution >= 0.6 is 0 Å². The second kappa shape index (κ2) is 7.49. The Morgan fingerprint density at radius 2 is 1.96 bits per heavy atom. The Labute approximate surface area is 147 Å². The van der Waals surface area contributed by atoms with Crippen molar-refractivity contribution in [1.82, 2.24) is 20.2 Å². The van der Waals surface area contributed by atoms with Gasteiger partial charge in [0.05, 0.1) is 25.0 Å². The van der Waals surface area contributed by atoms with Gasteiger partial charge in [0.1, 0.15) is 0 Å². The minimum absolute atomic E-state index is 0.334. The summed E-state index contributed by atoms with van der Waals surface area (Å²) >= 11 is 0. The van der Waals surface area contributed by atoms with Gasteiger partial charge in [-0.3, -0.25) is 0 Å². The van der Waals surface area contributed by atoms with Crippen molar-refractivity contribution in [1.29, 1.82) is 0 Å². The van der Waals surface area contributed by atoms with Gasteiger partial charge in [-0.05, 0) is 48.7 Å². The van der Waals surface area contributed by atoms with Gasteiger partial charge in [-0.1, -0.05) is 22.8 Å². The van der Waals surface area contributed by atoms with Gasteiger partial charge in [0, 0.05) is 25.6 Å². The fraction of sp³-hybridized carbons (Fsp3) is 0.611. The van der Waals surface area contributed by atoms with Crippen molar-refractivity contribution >= 4 is 5.95 Å². The molecule has 134 valence electrons. The zero-order valence-electron chi connectivity index (χ0n) is 14.7. The van der Waals surface area contributed by atoms with Gasteiger partial charge in [-0.2, -0.15) is 4.68 Å². The first-order valence-electron chi connectivity index (χ1n) is 9.09. The summed E-state index contributed by atoms with van der Waals surface area (Å²) in [6.45, 7) is 6.47. The third kappa shape index (κ3) is 3.82. The lowest BCUT2D eigenvalue weighted by molar-refractivity contribution is 0.0130. The Hall–Kier alpha value is -1.99. The standard InChI is InChI=1S/C18H25N5O2/c1-14-2-4-16(5-3-14)23-18(19-20-21-23)22-9-6-17(7-10-22)25-13-15-8-11-24-12-15/h2-5,15,17H,6-13H2,1H3. The maximum absolute atomic E-state index is 6.10. The SMILES string of the molecule is Cc1ccc(-n2nnnc2N2CCC(OCC3CCOC3)CC2)cc1. The molecule has 0 aliphatic carbocycles. The van der Waals surface area contributed by atoms with Gasteiger partial charge in [0.25, 0.3) is 0 Å². The Morgan fingerprint density at radius 1 is 1.16 bits per heavy atom. The van der Waals surface area contributed by atoms with E-state index in [4.69, 9.17) is 9.47 Å². The Kier molecular flexibility index (Phi) is 4.94. The second-order valence-corrected chi connectivity index (χ2v) is 6.98. The summed E-state index contributed by atoms with van der Waals surface area (Å²) in [4.78, 5) is 2.25. The van der Waals surface area contributed by atoms with E-state index in [1.54, 1.807) is 0 Å². The number of aryl methyl sites for hydroxylation is 1. The van der Waals surface area contributed by atoms with Crippen LogP contribution in [0.3, 0.4) is 0 Å². The molecule has 1 aromatic heterocycles. The van der Waals surface area contributed by atoms with Crippen LogP contribution in [0.5, 0.6) is 0 Å². The smallest absolute Gasteiger partial charge is 0.250 e. The zero-order chi connectivity index (χ0) is 17.1. The third-order valence-electron chi connectivity index (χ3n) is 5.05. The van der Waals surface area contributed by atoms with Crippen LogP contribution in [0.15, 0.2) is 24.3 Å². The van der Waals surface area contributed by atoms with E-state index in [0.29, 0.717) is 12.0 Å². The summed E-state index contributed by atoms with van der Waals surface area (Å²) < 4.78 is 13.3. The minimum atomic E-state index is 0.334. The highest BCUT2D eigenvalue weighted by molar-refractivity contribution is 5.41. The van der Waals surface area contributed by atoms with Gasteiger partial charge in [0.2, 0.25) is 5.95 Å². The number of aromatic nitrogens is 4. The molecule has 0 N–H and O–H groups in total. The predicted molar refractivity (Wildman–Crippen MR) is 94.0 cm³/mol. The molecule has 3 heterocycles. The van der Waals surface area contributed by atoms with Gasteiger partial charge < -0.3 is 14.4 Å². The van der Waals surface area contributed by atoms with Crippen LogP contribution in [0.4, 0.5) is 5.95 Å². The van der Waals surface area contributed by atoms with E-state index in [0.717, 1.165) is 63.8 Å². The lowest BCUT2D eigenvalue weighted by atomic mass is 10.1. The summed E-state index contributed by atoms with van der Waals surface area (Å²) in [7, 11) is 0. The highest BCUT2D eigenvalue weighted by atomic mass is 16.5. The van der Waals surface area contributed by atoms with E-state index in [2.05, 4.69) is 51.6 Å². The number of rotatable bonds is 5. The molecule has 1 aromatic carbocycles. The van der Waals surface area contributed by atoms with Crippen LogP contribution in [-0.2, 0) is 9.47 Å². The molecule has 2 aromatic rings.